The van der Waals surface area contributed by atoms with Gasteiger partial charge in [-0.2, -0.15) is 0 Å². The monoisotopic (exact) mass is 375 g/mol. The van der Waals surface area contributed by atoms with Gasteiger partial charge < -0.3 is 4.42 Å². The van der Waals surface area contributed by atoms with Crippen LogP contribution in [0.3, 0.4) is 0 Å². The van der Waals surface area contributed by atoms with E-state index in [0.717, 1.165) is 12.0 Å². The lowest BCUT2D eigenvalue weighted by atomic mass is 10.1. The Bertz CT molecular complexity index is 871. The predicted octanol–water partition coefficient (Wildman–Crippen LogP) is 4.79. The van der Waals surface area contributed by atoms with Crippen molar-refractivity contribution >= 4 is 35.1 Å². The molecule has 0 saturated carbocycles. The summed E-state index contributed by atoms with van der Waals surface area (Å²) in [4.78, 5) is 12.1. The van der Waals surface area contributed by atoms with Crippen LogP contribution in [0.2, 0.25) is 10.0 Å². The van der Waals surface area contributed by atoms with Gasteiger partial charge in [0.15, 0.2) is 0 Å². The van der Waals surface area contributed by atoms with Gasteiger partial charge in [0.25, 0.3) is 0 Å². The summed E-state index contributed by atoms with van der Waals surface area (Å²) < 4.78 is 5.45. The lowest BCUT2D eigenvalue weighted by Crippen LogP contribution is -2.14. The second kappa shape index (κ2) is 7.68. The van der Waals surface area contributed by atoms with E-state index < -0.39 is 0 Å². The molecule has 3 rings (SSSR count). The van der Waals surface area contributed by atoms with Crippen LogP contribution in [0.1, 0.15) is 18.1 Å². The molecular formula is C18H15Cl2N3O2. The fraction of sp³-hybridized carbons (Fsp3) is 0.167. The van der Waals surface area contributed by atoms with Gasteiger partial charge >= 0.3 is 6.01 Å². The first kappa shape index (κ1) is 17.5. The maximum atomic E-state index is 12.1. The second-order valence-corrected chi connectivity index (χ2v) is 6.34. The lowest BCUT2D eigenvalue weighted by molar-refractivity contribution is -0.115. The Hall–Kier alpha value is -2.37. The third-order valence-electron chi connectivity index (χ3n) is 3.58. The van der Waals surface area contributed by atoms with E-state index in [1.807, 2.05) is 24.3 Å². The minimum atomic E-state index is -0.233. The summed E-state index contributed by atoms with van der Waals surface area (Å²) in [5, 5.41) is 11.2. The highest BCUT2D eigenvalue weighted by Crippen LogP contribution is 2.27. The average molecular weight is 376 g/mol. The zero-order valence-corrected chi connectivity index (χ0v) is 14.9. The quantitative estimate of drug-likeness (QED) is 0.695. The molecule has 3 aromatic rings. The van der Waals surface area contributed by atoms with Gasteiger partial charge in [-0.25, -0.2) is 0 Å². The van der Waals surface area contributed by atoms with Crippen LogP contribution in [0, 0.1) is 0 Å². The van der Waals surface area contributed by atoms with E-state index in [1.54, 1.807) is 18.2 Å². The molecule has 0 unspecified atom stereocenters. The van der Waals surface area contributed by atoms with E-state index in [1.165, 1.54) is 5.56 Å². The van der Waals surface area contributed by atoms with E-state index in [4.69, 9.17) is 27.6 Å². The number of aromatic nitrogens is 2. The number of halogens is 2. The number of nitrogens with one attached hydrogen (secondary N) is 1. The summed E-state index contributed by atoms with van der Waals surface area (Å²) in [6.07, 6.45) is 1.19. The van der Waals surface area contributed by atoms with Crippen LogP contribution in [0.4, 0.5) is 6.01 Å². The van der Waals surface area contributed by atoms with Crippen molar-refractivity contribution in [2.24, 2.45) is 0 Å². The fourth-order valence-electron chi connectivity index (χ4n) is 2.31. The first-order chi connectivity index (χ1) is 12.0. The van der Waals surface area contributed by atoms with Crippen LogP contribution in [0.15, 0.2) is 46.9 Å². The number of carbonyl (C=O) groups excluding carboxylic acids is 1. The average Bonchev–Trinajstić information content (AvgIpc) is 3.03. The van der Waals surface area contributed by atoms with E-state index >= 15 is 0 Å². The number of anilines is 1. The molecule has 1 aromatic heterocycles. The minimum absolute atomic E-state index is 0.0290. The molecule has 0 fully saturated rings. The molecule has 1 N–H and O–H groups in total. The molecule has 25 heavy (non-hydrogen) atoms. The fourth-order valence-corrected chi connectivity index (χ4v) is 2.84. The Morgan fingerprint density at radius 1 is 1.04 bits per heavy atom. The topological polar surface area (TPSA) is 68.0 Å². The number of hydrogen-bond acceptors (Lipinski definition) is 4. The highest BCUT2D eigenvalue weighted by molar-refractivity contribution is 6.35. The molecule has 0 atom stereocenters. The van der Waals surface area contributed by atoms with Crippen molar-refractivity contribution in [2.45, 2.75) is 19.8 Å². The smallest absolute Gasteiger partial charge is 0.322 e. The molecular weight excluding hydrogens is 361 g/mol. The molecule has 1 amide bonds. The summed E-state index contributed by atoms with van der Waals surface area (Å²) in [7, 11) is 0. The number of aryl methyl sites for hydroxylation is 1. The minimum Gasteiger partial charge on any atom is -0.403 e. The van der Waals surface area contributed by atoms with Gasteiger partial charge in [-0.3, -0.25) is 10.1 Å². The van der Waals surface area contributed by atoms with Crippen molar-refractivity contribution in [3.8, 4) is 11.5 Å². The molecule has 0 radical (unpaired) electrons. The van der Waals surface area contributed by atoms with Gasteiger partial charge in [-0.15, -0.1) is 5.10 Å². The summed E-state index contributed by atoms with van der Waals surface area (Å²) in [5.41, 5.74) is 2.72. The van der Waals surface area contributed by atoms with Crippen LogP contribution < -0.4 is 5.32 Å². The Morgan fingerprint density at radius 3 is 2.32 bits per heavy atom. The van der Waals surface area contributed by atoms with Gasteiger partial charge in [0.05, 0.1) is 6.42 Å². The van der Waals surface area contributed by atoms with Crippen LogP contribution in [-0.2, 0) is 17.6 Å². The molecule has 1 heterocycles. The molecule has 0 aliphatic rings. The molecule has 7 heteroatoms. The van der Waals surface area contributed by atoms with Gasteiger partial charge in [-0.05, 0) is 35.7 Å². The first-order valence-electron chi connectivity index (χ1n) is 7.71. The van der Waals surface area contributed by atoms with Crippen molar-refractivity contribution in [2.75, 3.05) is 5.32 Å². The highest BCUT2D eigenvalue weighted by Gasteiger charge is 2.13. The van der Waals surface area contributed by atoms with Gasteiger partial charge in [0, 0.05) is 15.6 Å². The Kier molecular flexibility index (Phi) is 5.36. The summed E-state index contributed by atoms with van der Waals surface area (Å²) in [6.45, 7) is 2.09. The van der Waals surface area contributed by atoms with Crippen LogP contribution in [0.25, 0.3) is 11.5 Å². The SMILES string of the molecule is CCc1ccc(CC(=O)Nc2nnc(-c3cc(Cl)cc(Cl)c3)o2)cc1. The number of amides is 1. The molecule has 128 valence electrons. The van der Waals surface area contributed by atoms with Crippen LogP contribution >= 0.6 is 23.2 Å². The molecule has 0 aliphatic carbocycles. The van der Waals surface area contributed by atoms with E-state index in [9.17, 15) is 4.79 Å². The van der Waals surface area contributed by atoms with Crippen LogP contribution in [-0.4, -0.2) is 16.1 Å². The maximum absolute atomic E-state index is 12.1. The number of carbonyl (C=O) groups is 1. The molecule has 0 aliphatic heterocycles. The molecule has 0 saturated heterocycles. The zero-order chi connectivity index (χ0) is 17.8. The van der Waals surface area contributed by atoms with E-state index in [-0.39, 0.29) is 24.2 Å². The van der Waals surface area contributed by atoms with Gasteiger partial charge in [-0.1, -0.05) is 59.5 Å². The number of benzene rings is 2. The Labute approximate surface area is 155 Å². The van der Waals surface area contributed by atoms with Gasteiger partial charge in [0.2, 0.25) is 11.8 Å². The van der Waals surface area contributed by atoms with E-state index in [2.05, 4.69) is 22.4 Å². The van der Waals surface area contributed by atoms with Crippen LogP contribution in [0.5, 0.6) is 0 Å². The Morgan fingerprint density at radius 2 is 1.68 bits per heavy atom. The van der Waals surface area contributed by atoms with Crippen molar-refractivity contribution in [3.63, 3.8) is 0 Å². The summed E-state index contributed by atoms with van der Waals surface area (Å²) >= 11 is 11.9. The number of rotatable bonds is 5. The largest absolute Gasteiger partial charge is 0.403 e. The highest BCUT2D eigenvalue weighted by atomic mass is 35.5. The van der Waals surface area contributed by atoms with Crippen molar-refractivity contribution in [3.05, 3.63) is 63.6 Å². The van der Waals surface area contributed by atoms with Crippen molar-refractivity contribution < 1.29 is 9.21 Å². The molecule has 0 spiro atoms. The first-order valence-corrected chi connectivity index (χ1v) is 8.46. The standard InChI is InChI=1S/C18H15Cl2N3O2/c1-2-11-3-5-12(6-4-11)7-16(24)21-18-23-22-17(25-18)13-8-14(19)10-15(20)9-13/h3-6,8-10H,2,7H2,1H3,(H,21,23,24). The van der Waals surface area contributed by atoms with Crippen molar-refractivity contribution in [1.82, 2.24) is 10.2 Å². The van der Waals surface area contributed by atoms with Gasteiger partial charge in [0.1, 0.15) is 0 Å². The predicted molar refractivity (Wildman–Crippen MR) is 97.9 cm³/mol. The second-order valence-electron chi connectivity index (χ2n) is 5.47. The summed E-state index contributed by atoms with van der Waals surface area (Å²) in [5.74, 6) is -0.00410. The number of hydrogen-bond donors (Lipinski definition) is 1. The third kappa shape index (κ3) is 4.59. The summed E-state index contributed by atoms with van der Waals surface area (Å²) in [6, 6.07) is 12.8. The normalized spacial score (nSPS) is 10.7. The van der Waals surface area contributed by atoms with Crippen molar-refractivity contribution in [1.29, 1.82) is 0 Å². The molecule has 2 aromatic carbocycles. The van der Waals surface area contributed by atoms with E-state index in [0.29, 0.717) is 15.6 Å². The molecule has 5 nitrogen and oxygen atoms in total. The molecule has 0 bridgehead atoms. The maximum Gasteiger partial charge on any atom is 0.322 e. The Balaban J connectivity index is 1.67. The zero-order valence-electron chi connectivity index (χ0n) is 13.4. The third-order valence-corrected chi connectivity index (χ3v) is 4.01. The number of nitrogens with zero attached hydrogens (tertiary/aromatic N) is 2. The lowest BCUT2D eigenvalue weighted by Gasteiger charge is -2.02.